The van der Waals surface area contributed by atoms with E-state index in [4.69, 9.17) is 4.74 Å². The van der Waals surface area contributed by atoms with Crippen LogP contribution in [0.1, 0.15) is 31.7 Å². The molecule has 0 bridgehead atoms. The lowest BCUT2D eigenvalue weighted by atomic mass is 10.0. The number of carbonyl (C=O) groups is 1. The van der Waals surface area contributed by atoms with E-state index in [1.165, 1.54) is 12.0 Å². The van der Waals surface area contributed by atoms with E-state index < -0.39 is 0 Å². The molecule has 98 valence electrons. The Morgan fingerprint density at radius 3 is 2.83 bits per heavy atom. The normalized spacial score (nSPS) is 20.6. The topological polar surface area (TPSA) is 29.5 Å². The fraction of sp³-hybridized carbons (Fsp3) is 0.533. The summed E-state index contributed by atoms with van der Waals surface area (Å²) in [6, 6.07) is 10.3. The van der Waals surface area contributed by atoms with Crippen molar-refractivity contribution in [1.82, 2.24) is 4.90 Å². The van der Waals surface area contributed by atoms with Gasteiger partial charge in [-0.05, 0) is 31.9 Å². The van der Waals surface area contributed by atoms with Crippen molar-refractivity contribution in [3.63, 3.8) is 0 Å². The molecular weight excluding hydrogens is 226 g/mol. The predicted molar refractivity (Wildman–Crippen MR) is 71.1 cm³/mol. The molecule has 1 atom stereocenters. The van der Waals surface area contributed by atoms with Gasteiger partial charge in [-0.1, -0.05) is 36.8 Å². The van der Waals surface area contributed by atoms with E-state index in [1.807, 2.05) is 25.1 Å². The molecule has 3 heteroatoms. The lowest BCUT2D eigenvalue weighted by molar-refractivity contribution is -0.151. The Labute approximate surface area is 109 Å². The number of hydrogen-bond donors (Lipinski definition) is 0. The van der Waals surface area contributed by atoms with Crippen LogP contribution < -0.4 is 0 Å². The molecule has 3 nitrogen and oxygen atoms in total. The van der Waals surface area contributed by atoms with Gasteiger partial charge in [-0.3, -0.25) is 9.69 Å². The first-order chi connectivity index (χ1) is 8.81. The highest BCUT2D eigenvalue weighted by molar-refractivity contribution is 5.75. The third-order valence-corrected chi connectivity index (χ3v) is 3.40. The van der Waals surface area contributed by atoms with Gasteiger partial charge in [0.15, 0.2) is 0 Å². The molecule has 0 aromatic heterocycles. The van der Waals surface area contributed by atoms with Crippen molar-refractivity contribution < 1.29 is 9.53 Å². The maximum absolute atomic E-state index is 11.9. The van der Waals surface area contributed by atoms with Crippen LogP contribution in [0, 0.1) is 0 Å². The SMILES string of the molecule is CCOC(=O)[C@H]1CCCCN1Cc1ccccc1. The van der Waals surface area contributed by atoms with Crippen molar-refractivity contribution in [1.29, 1.82) is 0 Å². The molecule has 18 heavy (non-hydrogen) atoms. The maximum atomic E-state index is 11.9. The summed E-state index contributed by atoms with van der Waals surface area (Å²) in [5.41, 5.74) is 1.26. The Morgan fingerprint density at radius 1 is 1.33 bits per heavy atom. The number of nitrogens with zero attached hydrogens (tertiary/aromatic N) is 1. The summed E-state index contributed by atoms with van der Waals surface area (Å²) in [6.07, 6.45) is 3.21. The molecule has 0 unspecified atom stereocenters. The van der Waals surface area contributed by atoms with Crippen molar-refractivity contribution in [2.24, 2.45) is 0 Å². The summed E-state index contributed by atoms with van der Waals surface area (Å²) in [7, 11) is 0. The third kappa shape index (κ3) is 3.33. The van der Waals surface area contributed by atoms with Crippen LogP contribution in [0.5, 0.6) is 0 Å². The summed E-state index contributed by atoms with van der Waals surface area (Å²) in [5, 5.41) is 0. The monoisotopic (exact) mass is 247 g/mol. The second kappa shape index (κ2) is 6.55. The summed E-state index contributed by atoms with van der Waals surface area (Å²) >= 11 is 0. The van der Waals surface area contributed by atoms with E-state index in [9.17, 15) is 4.79 Å². The van der Waals surface area contributed by atoms with E-state index in [2.05, 4.69) is 17.0 Å². The molecule has 1 heterocycles. The smallest absolute Gasteiger partial charge is 0.323 e. The van der Waals surface area contributed by atoms with E-state index in [-0.39, 0.29) is 12.0 Å². The number of ether oxygens (including phenoxy) is 1. The van der Waals surface area contributed by atoms with Gasteiger partial charge in [-0.25, -0.2) is 0 Å². The van der Waals surface area contributed by atoms with E-state index >= 15 is 0 Å². The van der Waals surface area contributed by atoms with E-state index in [0.717, 1.165) is 25.9 Å². The minimum Gasteiger partial charge on any atom is -0.465 e. The molecule has 0 aliphatic carbocycles. The second-order valence-corrected chi connectivity index (χ2v) is 4.72. The summed E-state index contributed by atoms with van der Waals surface area (Å²) in [6.45, 7) is 4.15. The molecule has 1 aromatic rings. The van der Waals surface area contributed by atoms with Crippen molar-refractivity contribution >= 4 is 5.97 Å². The van der Waals surface area contributed by atoms with Crippen LogP contribution in [-0.2, 0) is 16.1 Å². The van der Waals surface area contributed by atoms with Crippen LogP contribution >= 0.6 is 0 Å². The largest absolute Gasteiger partial charge is 0.465 e. The average Bonchev–Trinajstić information content (AvgIpc) is 2.41. The molecule has 0 spiro atoms. The number of hydrogen-bond acceptors (Lipinski definition) is 3. The van der Waals surface area contributed by atoms with Gasteiger partial charge in [0.1, 0.15) is 6.04 Å². The Hall–Kier alpha value is -1.35. The van der Waals surface area contributed by atoms with Crippen LogP contribution in [-0.4, -0.2) is 30.1 Å². The van der Waals surface area contributed by atoms with Crippen molar-refractivity contribution in [3.05, 3.63) is 35.9 Å². The molecule has 1 fully saturated rings. The van der Waals surface area contributed by atoms with Gasteiger partial charge in [0, 0.05) is 6.54 Å². The highest BCUT2D eigenvalue weighted by atomic mass is 16.5. The first-order valence-electron chi connectivity index (χ1n) is 6.76. The highest BCUT2D eigenvalue weighted by Crippen LogP contribution is 2.20. The van der Waals surface area contributed by atoms with Crippen LogP contribution in [0.25, 0.3) is 0 Å². The molecule has 2 rings (SSSR count). The number of carbonyl (C=O) groups excluding carboxylic acids is 1. The minimum absolute atomic E-state index is 0.0566. The average molecular weight is 247 g/mol. The number of benzene rings is 1. The van der Waals surface area contributed by atoms with Gasteiger partial charge in [0.2, 0.25) is 0 Å². The predicted octanol–water partition coefficient (Wildman–Crippen LogP) is 2.60. The summed E-state index contributed by atoms with van der Waals surface area (Å²) in [5.74, 6) is -0.0619. The molecule has 1 aliphatic heterocycles. The molecule has 1 aromatic carbocycles. The molecule has 0 N–H and O–H groups in total. The van der Waals surface area contributed by atoms with E-state index in [1.54, 1.807) is 0 Å². The molecular formula is C15H21NO2. The Morgan fingerprint density at radius 2 is 2.11 bits per heavy atom. The zero-order valence-electron chi connectivity index (χ0n) is 11.0. The number of esters is 1. The summed E-state index contributed by atoms with van der Waals surface area (Å²) < 4.78 is 5.17. The third-order valence-electron chi connectivity index (χ3n) is 3.40. The van der Waals surface area contributed by atoms with Crippen LogP contribution in [0.4, 0.5) is 0 Å². The van der Waals surface area contributed by atoms with Gasteiger partial charge in [0.05, 0.1) is 6.61 Å². The lowest BCUT2D eigenvalue weighted by Gasteiger charge is -2.33. The van der Waals surface area contributed by atoms with Gasteiger partial charge >= 0.3 is 5.97 Å². The zero-order chi connectivity index (χ0) is 12.8. The number of rotatable bonds is 4. The van der Waals surface area contributed by atoms with Gasteiger partial charge < -0.3 is 4.74 Å². The summed E-state index contributed by atoms with van der Waals surface area (Å²) in [4.78, 5) is 14.2. The van der Waals surface area contributed by atoms with Gasteiger partial charge in [-0.2, -0.15) is 0 Å². The maximum Gasteiger partial charge on any atom is 0.323 e. The number of piperidine rings is 1. The molecule has 1 saturated heterocycles. The number of likely N-dealkylation sites (tertiary alicyclic amines) is 1. The zero-order valence-corrected chi connectivity index (χ0v) is 11.0. The van der Waals surface area contributed by atoms with Crippen molar-refractivity contribution in [2.45, 2.75) is 38.8 Å². The van der Waals surface area contributed by atoms with Gasteiger partial charge in [-0.15, -0.1) is 0 Å². The molecule has 0 saturated carbocycles. The second-order valence-electron chi connectivity index (χ2n) is 4.72. The van der Waals surface area contributed by atoms with Crippen molar-refractivity contribution in [2.75, 3.05) is 13.2 Å². The van der Waals surface area contributed by atoms with Gasteiger partial charge in [0.25, 0.3) is 0 Å². The first-order valence-corrected chi connectivity index (χ1v) is 6.76. The Kier molecular flexibility index (Phi) is 4.76. The quantitative estimate of drug-likeness (QED) is 0.766. The van der Waals surface area contributed by atoms with Crippen LogP contribution in [0.3, 0.4) is 0 Å². The fourth-order valence-electron chi connectivity index (χ4n) is 2.50. The minimum atomic E-state index is -0.0619. The lowest BCUT2D eigenvalue weighted by Crippen LogP contribution is -2.44. The standard InChI is InChI=1S/C15H21NO2/c1-2-18-15(17)14-10-6-7-11-16(14)12-13-8-4-3-5-9-13/h3-5,8-9,14H,2,6-7,10-12H2,1H3/t14-/m1/s1. The van der Waals surface area contributed by atoms with Crippen LogP contribution in [0.15, 0.2) is 30.3 Å². The Balaban J connectivity index is 2.01. The fourth-order valence-corrected chi connectivity index (χ4v) is 2.50. The van der Waals surface area contributed by atoms with E-state index in [0.29, 0.717) is 6.61 Å². The first kappa shape index (κ1) is 13.1. The Bertz CT molecular complexity index is 377. The highest BCUT2D eigenvalue weighted by Gasteiger charge is 2.29. The molecule has 0 radical (unpaired) electrons. The van der Waals surface area contributed by atoms with Crippen molar-refractivity contribution in [3.8, 4) is 0 Å². The molecule has 0 amide bonds. The molecule has 1 aliphatic rings. The van der Waals surface area contributed by atoms with Crippen LogP contribution in [0.2, 0.25) is 0 Å².